The van der Waals surface area contributed by atoms with E-state index in [9.17, 15) is 13.2 Å². The van der Waals surface area contributed by atoms with Gasteiger partial charge in [-0.05, 0) is 31.5 Å². The number of H-pyrrole nitrogens is 1. The molecule has 3 N–H and O–H groups in total. The topological polar surface area (TPSA) is 74.9 Å². The molecule has 0 saturated carbocycles. The fourth-order valence-corrected chi connectivity index (χ4v) is 3.55. The van der Waals surface area contributed by atoms with Crippen molar-refractivity contribution in [3.63, 3.8) is 0 Å². The Kier molecular flexibility index (Phi) is 4.84. The third-order valence-corrected chi connectivity index (χ3v) is 4.91. The maximum Gasteiger partial charge on any atom is 0.417 e. The third kappa shape index (κ3) is 3.49. The van der Waals surface area contributed by atoms with Gasteiger partial charge in [-0.2, -0.15) is 18.3 Å². The van der Waals surface area contributed by atoms with Crippen LogP contribution in [0.4, 0.5) is 19.0 Å². The molecule has 9 heteroatoms. The summed E-state index contributed by atoms with van der Waals surface area (Å²) in [5.41, 5.74) is 0.588. The highest BCUT2D eigenvalue weighted by molar-refractivity contribution is 5.91. The number of methoxy groups -OCH3 is 1. The monoisotopic (exact) mass is 391 g/mol. The van der Waals surface area contributed by atoms with E-state index in [0.717, 1.165) is 31.0 Å². The SMILES string of the molecule is COc1ccccc1CNc1n[nH]c2nc(C3CCCN3)cc(C(F)(F)F)c12. The molecule has 2 aromatic heterocycles. The van der Waals surface area contributed by atoms with Crippen molar-refractivity contribution >= 4 is 16.9 Å². The number of aromatic amines is 1. The number of nitrogens with zero attached hydrogens (tertiary/aromatic N) is 2. The third-order valence-electron chi connectivity index (χ3n) is 4.91. The molecule has 1 saturated heterocycles. The van der Waals surface area contributed by atoms with Crippen LogP contribution in [0.2, 0.25) is 0 Å². The van der Waals surface area contributed by atoms with Gasteiger partial charge in [-0.15, -0.1) is 0 Å². The van der Waals surface area contributed by atoms with E-state index in [1.54, 1.807) is 13.2 Å². The van der Waals surface area contributed by atoms with E-state index in [1.807, 2.05) is 18.2 Å². The molecule has 0 bridgehead atoms. The largest absolute Gasteiger partial charge is 0.496 e. The Labute approximate surface area is 159 Å². The van der Waals surface area contributed by atoms with Crippen molar-refractivity contribution in [1.29, 1.82) is 0 Å². The van der Waals surface area contributed by atoms with Crippen molar-refractivity contribution in [2.45, 2.75) is 31.6 Å². The molecule has 3 aromatic rings. The highest BCUT2D eigenvalue weighted by Gasteiger charge is 2.36. The van der Waals surface area contributed by atoms with E-state index in [1.165, 1.54) is 0 Å². The number of halogens is 3. The minimum Gasteiger partial charge on any atom is -0.496 e. The number of hydrogen-bond acceptors (Lipinski definition) is 5. The quantitative estimate of drug-likeness (QED) is 0.613. The second-order valence-electron chi connectivity index (χ2n) is 6.70. The number of benzene rings is 1. The number of aromatic nitrogens is 3. The number of rotatable bonds is 5. The van der Waals surface area contributed by atoms with E-state index in [-0.39, 0.29) is 29.4 Å². The minimum absolute atomic E-state index is 0.0517. The van der Waals surface area contributed by atoms with Crippen LogP contribution in [0.5, 0.6) is 5.75 Å². The molecule has 0 amide bonds. The predicted octanol–water partition coefficient (Wildman–Crippen LogP) is 4.02. The van der Waals surface area contributed by atoms with E-state index in [4.69, 9.17) is 4.74 Å². The predicted molar refractivity (Wildman–Crippen MR) is 99.2 cm³/mol. The van der Waals surface area contributed by atoms with Crippen molar-refractivity contribution in [2.75, 3.05) is 19.0 Å². The smallest absolute Gasteiger partial charge is 0.417 e. The van der Waals surface area contributed by atoms with Crippen LogP contribution in [0.1, 0.15) is 35.7 Å². The summed E-state index contributed by atoms with van der Waals surface area (Å²) in [7, 11) is 1.55. The lowest BCUT2D eigenvalue weighted by Gasteiger charge is -2.15. The molecule has 1 aliphatic heterocycles. The number of ether oxygens (including phenoxy) is 1. The van der Waals surface area contributed by atoms with Crippen LogP contribution < -0.4 is 15.4 Å². The zero-order chi connectivity index (χ0) is 19.7. The second kappa shape index (κ2) is 7.31. The Morgan fingerprint density at radius 3 is 2.82 bits per heavy atom. The van der Waals surface area contributed by atoms with Crippen LogP contribution in [-0.4, -0.2) is 28.8 Å². The van der Waals surface area contributed by atoms with Crippen molar-refractivity contribution in [2.24, 2.45) is 0 Å². The summed E-state index contributed by atoms with van der Waals surface area (Å²) in [5, 5.41) is 12.8. The molecule has 1 atom stereocenters. The van der Waals surface area contributed by atoms with Gasteiger partial charge >= 0.3 is 6.18 Å². The first-order valence-corrected chi connectivity index (χ1v) is 9.02. The summed E-state index contributed by atoms with van der Waals surface area (Å²) in [6, 6.07) is 8.27. The molecular formula is C19H20F3N5O. The standard InChI is InChI=1S/C19H20F3N5O/c1-28-15-7-3-2-5-11(15)10-24-17-16-12(19(20,21)22)9-14(13-6-4-8-23-13)25-18(16)27-26-17/h2-3,5,7,9,13,23H,4,6,8,10H2,1H3,(H2,24,25,26,27). The van der Waals surface area contributed by atoms with Crippen LogP contribution >= 0.6 is 0 Å². The Hall–Kier alpha value is -2.81. The number of alkyl halides is 3. The van der Waals surface area contributed by atoms with Crippen molar-refractivity contribution in [3.8, 4) is 5.75 Å². The summed E-state index contributed by atoms with van der Waals surface area (Å²) in [4.78, 5) is 4.40. The second-order valence-corrected chi connectivity index (χ2v) is 6.70. The van der Waals surface area contributed by atoms with E-state index in [2.05, 4.69) is 25.8 Å². The lowest BCUT2D eigenvalue weighted by atomic mass is 10.1. The van der Waals surface area contributed by atoms with Gasteiger partial charge in [-0.3, -0.25) is 5.10 Å². The molecule has 0 aliphatic carbocycles. The molecule has 4 rings (SSSR count). The number of fused-ring (bicyclic) bond motifs is 1. The Balaban J connectivity index is 1.71. The first kappa shape index (κ1) is 18.5. The molecule has 0 spiro atoms. The lowest BCUT2D eigenvalue weighted by Crippen LogP contribution is -2.16. The first-order chi connectivity index (χ1) is 13.5. The van der Waals surface area contributed by atoms with Crippen LogP contribution in [-0.2, 0) is 12.7 Å². The number of para-hydroxylation sites is 1. The van der Waals surface area contributed by atoms with Gasteiger partial charge in [0.1, 0.15) is 5.75 Å². The number of nitrogens with one attached hydrogen (secondary N) is 3. The number of anilines is 1. The van der Waals surface area contributed by atoms with E-state index in [0.29, 0.717) is 11.4 Å². The molecule has 0 radical (unpaired) electrons. The lowest BCUT2D eigenvalue weighted by molar-refractivity contribution is -0.136. The number of hydrogen-bond donors (Lipinski definition) is 3. The van der Waals surface area contributed by atoms with E-state index >= 15 is 0 Å². The Morgan fingerprint density at radius 2 is 2.11 bits per heavy atom. The maximum absolute atomic E-state index is 13.8. The molecule has 3 heterocycles. The summed E-state index contributed by atoms with van der Waals surface area (Å²) < 4.78 is 46.6. The van der Waals surface area contributed by atoms with Crippen molar-refractivity contribution < 1.29 is 17.9 Å². The van der Waals surface area contributed by atoms with Gasteiger partial charge in [0.15, 0.2) is 11.5 Å². The van der Waals surface area contributed by atoms with Gasteiger partial charge in [-0.25, -0.2) is 4.98 Å². The summed E-state index contributed by atoms with van der Waals surface area (Å²) in [5.74, 6) is 0.769. The van der Waals surface area contributed by atoms with Gasteiger partial charge in [0.05, 0.1) is 23.8 Å². The average Bonchev–Trinajstić information content (AvgIpc) is 3.35. The summed E-state index contributed by atoms with van der Waals surface area (Å²) in [6.45, 7) is 1.05. The zero-order valence-electron chi connectivity index (χ0n) is 15.2. The fourth-order valence-electron chi connectivity index (χ4n) is 3.55. The van der Waals surface area contributed by atoms with Crippen LogP contribution in [0.15, 0.2) is 30.3 Å². The Bertz CT molecular complexity index is 979. The fraction of sp³-hybridized carbons (Fsp3) is 0.368. The van der Waals surface area contributed by atoms with Gasteiger partial charge in [0.25, 0.3) is 0 Å². The van der Waals surface area contributed by atoms with Gasteiger partial charge in [0.2, 0.25) is 0 Å². The summed E-state index contributed by atoms with van der Waals surface area (Å²) in [6.07, 6.45) is -2.83. The first-order valence-electron chi connectivity index (χ1n) is 9.02. The maximum atomic E-state index is 13.8. The zero-order valence-corrected chi connectivity index (χ0v) is 15.2. The summed E-state index contributed by atoms with van der Waals surface area (Å²) >= 11 is 0. The molecule has 1 unspecified atom stereocenters. The number of pyridine rings is 1. The average molecular weight is 391 g/mol. The normalized spacial score (nSPS) is 17.2. The van der Waals surface area contributed by atoms with E-state index < -0.39 is 11.7 Å². The molecule has 148 valence electrons. The van der Waals surface area contributed by atoms with Crippen molar-refractivity contribution in [3.05, 3.63) is 47.2 Å². The minimum atomic E-state index is -4.51. The molecular weight excluding hydrogens is 371 g/mol. The molecule has 28 heavy (non-hydrogen) atoms. The highest BCUT2D eigenvalue weighted by Crippen LogP contribution is 2.39. The van der Waals surface area contributed by atoms with Crippen LogP contribution in [0.3, 0.4) is 0 Å². The van der Waals surface area contributed by atoms with Gasteiger partial charge in [-0.1, -0.05) is 18.2 Å². The Morgan fingerprint density at radius 1 is 1.29 bits per heavy atom. The molecule has 6 nitrogen and oxygen atoms in total. The van der Waals surface area contributed by atoms with Gasteiger partial charge in [0, 0.05) is 18.2 Å². The van der Waals surface area contributed by atoms with Crippen LogP contribution in [0.25, 0.3) is 11.0 Å². The highest BCUT2D eigenvalue weighted by atomic mass is 19.4. The van der Waals surface area contributed by atoms with Crippen molar-refractivity contribution in [1.82, 2.24) is 20.5 Å². The van der Waals surface area contributed by atoms with Crippen LogP contribution in [0, 0.1) is 0 Å². The molecule has 1 fully saturated rings. The molecule has 1 aromatic carbocycles. The molecule has 1 aliphatic rings. The van der Waals surface area contributed by atoms with Gasteiger partial charge < -0.3 is 15.4 Å².